The third-order valence-electron chi connectivity index (χ3n) is 3.30. The van der Waals surface area contributed by atoms with Crippen LogP contribution in [0.4, 0.5) is 4.79 Å². The van der Waals surface area contributed by atoms with Gasteiger partial charge in [0.15, 0.2) is 0 Å². The van der Waals surface area contributed by atoms with Crippen LogP contribution in [-0.2, 0) is 4.79 Å². The van der Waals surface area contributed by atoms with Crippen LogP contribution in [0.1, 0.15) is 33.6 Å². The molecule has 1 fully saturated rings. The van der Waals surface area contributed by atoms with Gasteiger partial charge in [-0.25, -0.2) is 9.59 Å². The molecule has 1 aliphatic rings. The van der Waals surface area contributed by atoms with Gasteiger partial charge in [-0.15, -0.1) is 11.8 Å². The molecular weight excluding hydrogens is 290 g/mol. The number of hydrogen-bond acceptors (Lipinski definition) is 4. The van der Waals surface area contributed by atoms with Gasteiger partial charge >= 0.3 is 12.0 Å². The van der Waals surface area contributed by atoms with Crippen molar-refractivity contribution < 1.29 is 14.7 Å². The number of hydrogen-bond donors (Lipinski definition) is 1. The minimum absolute atomic E-state index is 0.102. The molecule has 6 nitrogen and oxygen atoms in total. The Morgan fingerprint density at radius 2 is 2.19 bits per heavy atom. The van der Waals surface area contributed by atoms with E-state index in [1.165, 1.54) is 16.7 Å². The van der Waals surface area contributed by atoms with Gasteiger partial charge < -0.3 is 10.0 Å². The van der Waals surface area contributed by atoms with Crippen molar-refractivity contribution in [3.8, 4) is 6.07 Å². The molecule has 7 heteroatoms. The van der Waals surface area contributed by atoms with Crippen molar-refractivity contribution in [2.45, 2.75) is 45.0 Å². The highest BCUT2D eigenvalue weighted by molar-refractivity contribution is 8.00. The smallest absolute Gasteiger partial charge is 0.327 e. The molecule has 1 N–H and O–H groups in total. The summed E-state index contributed by atoms with van der Waals surface area (Å²) in [6, 6.07) is 1.01. The van der Waals surface area contributed by atoms with Gasteiger partial charge in [0.2, 0.25) is 0 Å². The minimum Gasteiger partial charge on any atom is -0.480 e. The van der Waals surface area contributed by atoms with Crippen molar-refractivity contribution in [1.29, 1.82) is 5.26 Å². The molecule has 0 spiro atoms. The summed E-state index contributed by atoms with van der Waals surface area (Å²) in [6.07, 6.45) is 0.974. The maximum Gasteiger partial charge on any atom is 0.327 e. The Morgan fingerprint density at radius 1 is 1.52 bits per heavy atom. The van der Waals surface area contributed by atoms with Crippen LogP contribution in [0.15, 0.2) is 0 Å². The molecule has 118 valence electrons. The summed E-state index contributed by atoms with van der Waals surface area (Å²) in [5.41, 5.74) is 0. The van der Waals surface area contributed by atoms with Crippen LogP contribution in [0.2, 0.25) is 0 Å². The van der Waals surface area contributed by atoms with E-state index >= 15 is 0 Å². The van der Waals surface area contributed by atoms with E-state index in [4.69, 9.17) is 5.26 Å². The molecule has 21 heavy (non-hydrogen) atoms. The lowest BCUT2D eigenvalue weighted by Gasteiger charge is -2.33. The number of rotatable bonds is 6. The average molecular weight is 313 g/mol. The first kappa shape index (κ1) is 17.6. The number of nitriles is 1. The number of amides is 2. The standard InChI is InChI=1S/C14H23N3O3S/c1-4-12-17(11(9-21-12)13(18)19)14(20)16(7-5-6-15)8-10(2)3/h10-12H,4-5,7-9H2,1-3H3,(H,18,19). The SMILES string of the molecule is CCC1SCC(C(=O)O)N1C(=O)N(CCC#N)CC(C)C. The number of carboxylic acid groups (broad SMARTS) is 1. The summed E-state index contributed by atoms with van der Waals surface area (Å²) >= 11 is 1.51. The van der Waals surface area contributed by atoms with Crippen molar-refractivity contribution in [2.24, 2.45) is 5.92 Å². The highest BCUT2D eigenvalue weighted by atomic mass is 32.2. The Kier molecular flexibility index (Phi) is 6.82. The van der Waals surface area contributed by atoms with Crippen LogP contribution in [-0.4, -0.2) is 57.2 Å². The van der Waals surface area contributed by atoms with E-state index in [1.54, 1.807) is 4.90 Å². The Hall–Kier alpha value is -1.42. The van der Waals surface area contributed by atoms with E-state index in [0.717, 1.165) is 0 Å². The van der Waals surface area contributed by atoms with Gasteiger partial charge in [-0.3, -0.25) is 4.90 Å². The number of nitrogens with zero attached hydrogens (tertiary/aromatic N) is 3. The van der Waals surface area contributed by atoms with Gasteiger partial charge in [0.1, 0.15) is 6.04 Å². The van der Waals surface area contributed by atoms with Crippen molar-refractivity contribution >= 4 is 23.8 Å². The first-order valence-corrected chi connectivity index (χ1v) is 8.25. The monoisotopic (exact) mass is 313 g/mol. The van der Waals surface area contributed by atoms with Gasteiger partial charge in [-0.2, -0.15) is 5.26 Å². The predicted molar refractivity (Wildman–Crippen MR) is 81.8 cm³/mol. The predicted octanol–water partition coefficient (Wildman–Crippen LogP) is 2.22. The maximum atomic E-state index is 12.7. The van der Waals surface area contributed by atoms with E-state index in [-0.39, 0.29) is 23.7 Å². The van der Waals surface area contributed by atoms with Crippen LogP contribution in [0.25, 0.3) is 0 Å². The zero-order valence-corrected chi connectivity index (χ0v) is 13.6. The van der Waals surface area contributed by atoms with E-state index in [2.05, 4.69) is 0 Å². The van der Waals surface area contributed by atoms with Gasteiger partial charge in [-0.1, -0.05) is 20.8 Å². The molecule has 2 atom stereocenters. The quantitative estimate of drug-likeness (QED) is 0.812. The Bertz CT molecular complexity index is 422. The molecule has 1 heterocycles. The Morgan fingerprint density at radius 3 is 2.67 bits per heavy atom. The summed E-state index contributed by atoms with van der Waals surface area (Å²) in [5.74, 6) is -0.268. The molecule has 0 aromatic rings. The van der Waals surface area contributed by atoms with E-state index < -0.39 is 12.0 Å². The normalized spacial score (nSPS) is 21.4. The molecule has 2 amide bonds. The molecule has 0 radical (unpaired) electrons. The average Bonchev–Trinajstić information content (AvgIpc) is 2.86. The number of carbonyl (C=O) groups excluding carboxylic acids is 1. The van der Waals surface area contributed by atoms with Crippen LogP contribution < -0.4 is 0 Å². The van der Waals surface area contributed by atoms with Crippen molar-refractivity contribution in [3.63, 3.8) is 0 Å². The topological polar surface area (TPSA) is 84.6 Å². The lowest BCUT2D eigenvalue weighted by atomic mass is 10.2. The Labute approximate surface area is 130 Å². The highest BCUT2D eigenvalue weighted by Crippen LogP contribution is 2.32. The zero-order chi connectivity index (χ0) is 16.0. The second-order valence-corrected chi connectivity index (χ2v) is 6.70. The molecule has 0 aliphatic carbocycles. The van der Waals surface area contributed by atoms with Crippen LogP contribution in [0.3, 0.4) is 0 Å². The van der Waals surface area contributed by atoms with Crippen molar-refractivity contribution in [3.05, 3.63) is 0 Å². The van der Waals surface area contributed by atoms with E-state index in [9.17, 15) is 14.7 Å². The first-order valence-electron chi connectivity index (χ1n) is 7.20. The van der Waals surface area contributed by atoms with Gasteiger partial charge in [0.25, 0.3) is 0 Å². The van der Waals surface area contributed by atoms with Gasteiger partial charge in [0, 0.05) is 18.8 Å². The van der Waals surface area contributed by atoms with E-state index in [1.807, 2.05) is 26.8 Å². The third-order valence-corrected chi connectivity index (χ3v) is 4.75. The number of thioether (sulfide) groups is 1. The molecule has 0 saturated carbocycles. The summed E-state index contributed by atoms with van der Waals surface area (Å²) < 4.78 is 0. The Balaban J connectivity index is 2.92. The third kappa shape index (κ3) is 4.53. The number of urea groups is 1. The fraction of sp³-hybridized carbons (Fsp3) is 0.786. The van der Waals surface area contributed by atoms with Crippen molar-refractivity contribution in [2.75, 3.05) is 18.8 Å². The molecule has 0 bridgehead atoms. The molecule has 1 aliphatic heterocycles. The zero-order valence-electron chi connectivity index (χ0n) is 12.8. The molecular formula is C14H23N3O3S. The first-order chi connectivity index (χ1) is 9.92. The van der Waals surface area contributed by atoms with Gasteiger partial charge in [-0.05, 0) is 12.3 Å². The van der Waals surface area contributed by atoms with E-state index in [0.29, 0.717) is 25.3 Å². The second-order valence-electron chi connectivity index (χ2n) is 5.49. The number of carbonyl (C=O) groups is 2. The maximum absolute atomic E-state index is 12.7. The fourth-order valence-corrected chi connectivity index (χ4v) is 3.72. The largest absolute Gasteiger partial charge is 0.480 e. The molecule has 1 rings (SSSR count). The molecule has 0 aromatic carbocycles. The van der Waals surface area contributed by atoms with Crippen LogP contribution in [0, 0.1) is 17.2 Å². The van der Waals surface area contributed by atoms with Gasteiger partial charge in [0.05, 0.1) is 17.9 Å². The summed E-state index contributed by atoms with van der Waals surface area (Å²) in [6.45, 7) is 6.82. The lowest BCUT2D eigenvalue weighted by molar-refractivity contribution is -0.141. The summed E-state index contributed by atoms with van der Waals surface area (Å²) in [5, 5.41) is 17.9. The molecule has 1 saturated heterocycles. The molecule has 2 unspecified atom stereocenters. The van der Waals surface area contributed by atoms with Crippen molar-refractivity contribution in [1.82, 2.24) is 9.80 Å². The fourth-order valence-electron chi connectivity index (χ4n) is 2.38. The summed E-state index contributed by atoms with van der Waals surface area (Å²) in [4.78, 5) is 27.2. The lowest BCUT2D eigenvalue weighted by Crippen LogP contribution is -2.52. The van der Waals surface area contributed by atoms with Crippen LogP contribution in [0.5, 0.6) is 0 Å². The van der Waals surface area contributed by atoms with Crippen LogP contribution >= 0.6 is 11.8 Å². The highest BCUT2D eigenvalue weighted by Gasteiger charge is 2.42. The summed E-state index contributed by atoms with van der Waals surface area (Å²) in [7, 11) is 0. The molecule has 0 aromatic heterocycles. The minimum atomic E-state index is -0.961. The number of aliphatic carboxylic acids is 1. The number of carboxylic acids is 1. The second kappa shape index (κ2) is 8.13.